The molecule has 1 aromatic carbocycles. The molecule has 2 rings (SSSR count). The van der Waals surface area contributed by atoms with Crippen molar-refractivity contribution in [2.75, 3.05) is 13.1 Å². The van der Waals surface area contributed by atoms with E-state index in [4.69, 9.17) is 4.74 Å². The third-order valence-corrected chi connectivity index (χ3v) is 5.72. The number of amides is 2. The van der Waals surface area contributed by atoms with Crippen molar-refractivity contribution >= 4 is 23.2 Å². The van der Waals surface area contributed by atoms with E-state index in [9.17, 15) is 9.59 Å². The summed E-state index contributed by atoms with van der Waals surface area (Å²) in [6, 6.07) is 6.23. The highest BCUT2D eigenvalue weighted by atomic mass is 32.1. The van der Waals surface area contributed by atoms with Gasteiger partial charge in [-0.2, -0.15) is 0 Å². The second-order valence-corrected chi connectivity index (χ2v) is 8.97. The van der Waals surface area contributed by atoms with Crippen LogP contribution < -0.4 is 15.4 Å². The summed E-state index contributed by atoms with van der Waals surface area (Å²) in [5.74, 6) is 1.12. The molecule has 0 saturated heterocycles. The zero-order chi connectivity index (χ0) is 22.6. The molecule has 0 aliphatic heterocycles. The Kier molecular flexibility index (Phi) is 10.5. The number of thiazole rings is 1. The molecule has 0 aliphatic carbocycles. The number of carbonyl (C=O) groups is 2. The highest BCUT2D eigenvalue weighted by molar-refractivity contribution is 7.09. The standard InChI is InChI=1S/C24H35N3O3S/c1-5-6-7-9-22(28)25-12-8-13-26-24(29)20-16-31-23(27-20)15-30-21-14-18(4)10-11-19(21)17(2)3/h10-11,14,16-17H,5-9,12-13,15H2,1-4H3,(H,25,28)(H,26,29). The average Bonchev–Trinajstić information content (AvgIpc) is 3.21. The second-order valence-electron chi connectivity index (χ2n) is 8.03. The minimum Gasteiger partial charge on any atom is -0.486 e. The van der Waals surface area contributed by atoms with Gasteiger partial charge in [0.25, 0.3) is 5.91 Å². The monoisotopic (exact) mass is 445 g/mol. The van der Waals surface area contributed by atoms with Crippen molar-refractivity contribution in [1.82, 2.24) is 15.6 Å². The van der Waals surface area contributed by atoms with Crippen molar-refractivity contribution in [3.8, 4) is 5.75 Å². The fourth-order valence-corrected chi connectivity index (χ4v) is 3.78. The third kappa shape index (κ3) is 8.69. The van der Waals surface area contributed by atoms with Crippen molar-refractivity contribution in [2.45, 2.75) is 72.3 Å². The predicted molar refractivity (Wildman–Crippen MR) is 126 cm³/mol. The molecule has 2 amide bonds. The van der Waals surface area contributed by atoms with E-state index < -0.39 is 0 Å². The Morgan fingerprint density at radius 2 is 1.90 bits per heavy atom. The van der Waals surface area contributed by atoms with Crippen molar-refractivity contribution in [3.63, 3.8) is 0 Å². The highest BCUT2D eigenvalue weighted by Gasteiger charge is 2.13. The first-order valence-corrected chi connectivity index (χ1v) is 12.0. The van der Waals surface area contributed by atoms with Gasteiger partial charge >= 0.3 is 0 Å². The maximum absolute atomic E-state index is 12.3. The van der Waals surface area contributed by atoms with Crippen LogP contribution in [-0.4, -0.2) is 29.9 Å². The van der Waals surface area contributed by atoms with E-state index in [1.165, 1.54) is 11.3 Å². The van der Waals surface area contributed by atoms with Gasteiger partial charge in [0.05, 0.1) is 0 Å². The number of ether oxygens (including phenoxy) is 1. The lowest BCUT2D eigenvalue weighted by Crippen LogP contribution is -2.29. The van der Waals surface area contributed by atoms with Crippen molar-refractivity contribution in [3.05, 3.63) is 45.4 Å². The summed E-state index contributed by atoms with van der Waals surface area (Å²) in [5, 5.41) is 8.26. The first kappa shape index (κ1) is 24.9. The first-order valence-electron chi connectivity index (χ1n) is 11.1. The molecular weight excluding hydrogens is 410 g/mol. The molecule has 1 aromatic heterocycles. The number of carbonyl (C=O) groups excluding carboxylic acids is 2. The number of hydrogen-bond donors (Lipinski definition) is 2. The lowest BCUT2D eigenvalue weighted by atomic mass is 10.0. The van der Waals surface area contributed by atoms with Crippen molar-refractivity contribution < 1.29 is 14.3 Å². The molecule has 0 bridgehead atoms. The van der Waals surface area contributed by atoms with E-state index in [2.05, 4.69) is 48.5 Å². The van der Waals surface area contributed by atoms with Crippen molar-refractivity contribution in [2.24, 2.45) is 0 Å². The zero-order valence-electron chi connectivity index (χ0n) is 19.1. The Hall–Kier alpha value is -2.41. The summed E-state index contributed by atoms with van der Waals surface area (Å²) in [7, 11) is 0. The van der Waals surface area contributed by atoms with Gasteiger partial charge in [-0.1, -0.05) is 45.7 Å². The third-order valence-electron chi connectivity index (χ3n) is 4.90. The van der Waals surface area contributed by atoms with Crippen LogP contribution in [0.1, 0.15) is 85.4 Å². The fourth-order valence-electron chi connectivity index (χ4n) is 3.10. The van der Waals surface area contributed by atoms with Gasteiger partial charge in [-0.25, -0.2) is 4.98 Å². The second kappa shape index (κ2) is 13.1. The molecule has 31 heavy (non-hydrogen) atoms. The van der Waals surface area contributed by atoms with Gasteiger partial charge in [-0.3, -0.25) is 9.59 Å². The minimum absolute atomic E-state index is 0.0816. The zero-order valence-corrected chi connectivity index (χ0v) is 19.9. The van der Waals surface area contributed by atoms with E-state index in [1.807, 2.05) is 13.0 Å². The SMILES string of the molecule is CCCCCC(=O)NCCCNC(=O)c1csc(COc2cc(C)ccc2C(C)C)n1. The van der Waals surface area contributed by atoms with Crippen LogP contribution >= 0.6 is 11.3 Å². The Morgan fingerprint density at radius 3 is 2.65 bits per heavy atom. The van der Waals surface area contributed by atoms with Gasteiger partial charge in [0.1, 0.15) is 23.1 Å². The van der Waals surface area contributed by atoms with Crippen LogP contribution in [0.3, 0.4) is 0 Å². The molecule has 1 heterocycles. The quantitative estimate of drug-likeness (QED) is 0.427. The summed E-state index contributed by atoms with van der Waals surface area (Å²) in [6.45, 7) is 9.84. The van der Waals surface area contributed by atoms with Crippen LogP contribution in [0.2, 0.25) is 0 Å². The molecule has 0 saturated carbocycles. The number of hydrogen-bond acceptors (Lipinski definition) is 5. The lowest BCUT2D eigenvalue weighted by molar-refractivity contribution is -0.121. The van der Waals surface area contributed by atoms with Gasteiger partial charge < -0.3 is 15.4 Å². The Balaban J connectivity index is 1.73. The van der Waals surface area contributed by atoms with Crippen LogP contribution in [0.4, 0.5) is 0 Å². The predicted octanol–water partition coefficient (Wildman–Crippen LogP) is 4.97. The molecule has 0 radical (unpaired) electrons. The van der Waals surface area contributed by atoms with Crippen LogP contribution in [-0.2, 0) is 11.4 Å². The number of benzene rings is 1. The van der Waals surface area contributed by atoms with Gasteiger partial charge in [-0.05, 0) is 42.9 Å². The molecule has 0 spiro atoms. The number of nitrogens with zero attached hydrogens (tertiary/aromatic N) is 1. The van der Waals surface area contributed by atoms with Crippen LogP contribution in [0.25, 0.3) is 0 Å². The van der Waals surface area contributed by atoms with E-state index >= 15 is 0 Å². The molecular formula is C24H35N3O3S. The lowest BCUT2D eigenvalue weighted by Gasteiger charge is -2.14. The number of rotatable bonds is 13. The topological polar surface area (TPSA) is 80.3 Å². The summed E-state index contributed by atoms with van der Waals surface area (Å²) >= 11 is 1.42. The Labute approximate surface area is 189 Å². The summed E-state index contributed by atoms with van der Waals surface area (Å²) in [4.78, 5) is 28.4. The molecule has 0 aliphatic rings. The molecule has 2 aromatic rings. The molecule has 2 N–H and O–H groups in total. The van der Waals surface area contributed by atoms with E-state index in [-0.39, 0.29) is 11.8 Å². The molecule has 6 nitrogen and oxygen atoms in total. The summed E-state index contributed by atoms with van der Waals surface area (Å²) in [5.41, 5.74) is 2.72. The average molecular weight is 446 g/mol. The number of unbranched alkanes of at least 4 members (excludes halogenated alkanes) is 2. The smallest absolute Gasteiger partial charge is 0.270 e. The molecule has 170 valence electrons. The van der Waals surface area contributed by atoms with Gasteiger partial charge in [0.2, 0.25) is 5.91 Å². The first-order chi connectivity index (χ1) is 14.9. The van der Waals surface area contributed by atoms with E-state index in [0.717, 1.165) is 41.1 Å². The van der Waals surface area contributed by atoms with Crippen LogP contribution in [0, 0.1) is 6.92 Å². The van der Waals surface area contributed by atoms with E-state index in [1.54, 1.807) is 5.38 Å². The van der Waals surface area contributed by atoms with E-state index in [0.29, 0.717) is 44.1 Å². The van der Waals surface area contributed by atoms with Crippen molar-refractivity contribution in [1.29, 1.82) is 0 Å². The summed E-state index contributed by atoms with van der Waals surface area (Å²) < 4.78 is 6.00. The van der Waals surface area contributed by atoms with Gasteiger partial charge in [-0.15, -0.1) is 11.3 Å². The fraction of sp³-hybridized carbons (Fsp3) is 0.542. The molecule has 7 heteroatoms. The maximum atomic E-state index is 12.3. The number of aromatic nitrogens is 1. The van der Waals surface area contributed by atoms with Crippen LogP contribution in [0.5, 0.6) is 5.75 Å². The number of aryl methyl sites for hydroxylation is 1. The van der Waals surface area contributed by atoms with Crippen LogP contribution in [0.15, 0.2) is 23.6 Å². The molecule has 0 unspecified atom stereocenters. The Morgan fingerprint density at radius 1 is 1.13 bits per heavy atom. The Bertz CT molecular complexity index is 848. The maximum Gasteiger partial charge on any atom is 0.270 e. The highest BCUT2D eigenvalue weighted by Crippen LogP contribution is 2.28. The molecule has 0 fully saturated rings. The largest absolute Gasteiger partial charge is 0.486 e. The van der Waals surface area contributed by atoms with Gasteiger partial charge in [0, 0.05) is 24.9 Å². The minimum atomic E-state index is -0.199. The van der Waals surface area contributed by atoms with Gasteiger partial charge in [0.15, 0.2) is 0 Å². The normalized spacial score (nSPS) is 10.9. The number of nitrogens with one attached hydrogen (secondary N) is 2. The molecule has 0 atom stereocenters. The summed E-state index contributed by atoms with van der Waals surface area (Å²) in [6.07, 6.45) is 4.38.